The van der Waals surface area contributed by atoms with E-state index in [1.54, 1.807) is 0 Å². The van der Waals surface area contributed by atoms with Crippen LogP contribution in [0.1, 0.15) is 40.0 Å². The average Bonchev–Trinajstić information content (AvgIpc) is 2.14. The maximum atomic E-state index is 11.3. The van der Waals surface area contributed by atoms with Gasteiger partial charge in [0, 0.05) is 0 Å². The zero-order chi connectivity index (χ0) is 12.5. The van der Waals surface area contributed by atoms with Crippen LogP contribution < -0.4 is 0 Å². The van der Waals surface area contributed by atoms with Crippen molar-refractivity contribution in [1.82, 2.24) is 0 Å². The standard InChI is InChI=1S/C12H20O4/c1-12(2,3)8-6-4-5-7(10(13)14)9(8)11(15)16/h7-9H,4-6H2,1-3H3,(H,13,14)(H,15,16). The van der Waals surface area contributed by atoms with Gasteiger partial charge < -0.3 is 10.2 Å². The first kappa shape index (κ1) is 13.0. The van der Waals surface area contributed by atoms with Gasteiger partial charge >= 0.3 is 11.9 Å². The topological polar surface area (TPSA) is 74.6 Å². The minimum Gasteiger partial charge on any atom is -0.481 e. The minimum absolute atomic E-state index is 0.0557. The number of carboxylic acids is 2. The van der Waals surface area contributed by atoms with Crippen molar-refractivity contribution in [2.75, 3.05) is 0 Å². The molecule has 0 heterocycles. The Morgan fingerprint density at radius 3 is 2.00 bits per heavy atom. The van der Waals surface area contributed by atoms with Gasteiger partial charge in [0.05, 0.1) is 11.8 Å². The van der Waals surface area contributed by atoms with Crippen molar-refractivity contribution in [3.63, 3.8) is 0 Å². The van der Waals surface area contributed by atoms with Crippen LogP contribution in [0.25, 0.3) is 0 Å². The predicted molar refractivity (Wildman–Crippen MR) is 59.0 cm³/mol. The molecule has 1 aliphatic carbocycles. The number of rotatable bonds is 2. The van der Waals surface area contributed by atoms with Gasteiger partial charge in [-0.05, 0) is 24.2 Å². The number of carbonyl (C=O) groups is 2. The molecule has 1 rings (SSSR count). The Kier molecular flexibility index (Phi) is 3.61. The average molecular weight is 228 g/mol. The van der Waals surface area contributed by atoms with E-state index in [-0.39, 0.29) is 11.3 Å². The Balaban J connectivity index is 3.00. The smallest absolute Gasteiger partial charge is 0.307 e. The molecule has 0 saturated heterocycles. The van der Waals surface area contributed by atoms with Crippen molar-refractivity contribution in [3.8, 4) is 0 Å². The Labute approximate surface area is 95.7 Å². The largest absolute Gasteiger partial charge is 0.481 e. The van der Waals surface area contributed by atoms with Crippen LogP contribution in [0.3, 0.4) is 0 Å². The molecule has 0 aromatic heterocycles. The van der Waals surface area contributed by atoms with E-state index in [2.05, 4.69) is 0 Å². The fourth-order valence-corrected chi connectivity index (χ4v) is 2.79. The second-order valence-electron chi connectivity index (χ2n) is 5.71. The summed E-state index contributed by atoms with van der Waals surface area (Å²) in [6, 6.07) is 0. The number of hydrogen-bond donors (Lipinski definition) is 2. The van der Waals surface area contributed by atoms with Crippen LogP contribution in [0.2, 0.25) is 0 Å². The summed E-state index contributed by atoms with van der Waals surface area (Å²) < 4.78 is 0. The monoisotopic (exact) mass is 228 g/mol. The van der Waals surface area contributed by atoms with Gasteiger partial charge in [0.15, 0.2) is 0 Å². The molecule has 16 heavy (non-hydrogen) atoms. The molecule has 0 aliphatic heterocycles. The lowest BCUT2D eigenvalue weighted by molar-refractivity contribution is -0.161. The predicted octanol–water partition coefficient (Wildman–Crippen LogP) is 2.23. The van der Waals surface area contributed by atoms with Crippen molar-refractivity contribution in [2.45, 2.75) is 40.0 Å². The fourth-order valence-electron chi connectivity index (χ4n) is 2.79. The Hall–Kier alpha value is -1.06. The molecule has 0 bridgehead atoms. The summed E-state index contributed by atoms with van der Waals surface area (Å²) in [7, 11) is 0. The van der Waals surface area contributed by atoms with Gasteiger partial charge in [-0.2, -0.15) is 0 Å². The zero-order valence-electron chi connectivity index (χ0n) is 10.1. The lowest BCUT2D eigenvalue weighted by Gasteiger charge is -2.41. The number of carboxylic acid groups (broad SMARTS) is 2. The fraction of sp³-hybridized carbons (Fsp3) is 0.833. The van der Waals surface area contributed by atoms with Crippen LogP contribution in [0, 0.1) is 23.2 Å². The van der Waals surface area contributed by atoms with Gasteiger partial charge in [-0.1, -0.05) is 27.2 Å². The van der Waals surface area contributed by atoms with Crippen molar-refractivity contribution in [1.29, 1.82) is 0 Å². The van der Waals surface area contributed by atoms with Gasteiger partial charge in [-0.15, -0.1) is 0 Å². The number of aliphatic carboxylic acids is 2. The molecule has 1 aliphatic rings. The maximum absolute atomic E-state index is 11.3. The summed E-state index contributed by atoms with van der Waals surface area (Å²) >= 11 is 0. The highest BCUT2D eigenvalue weighted by atomic mass is 16.4. The van der Waals surface area contributed by atoms with Crippen LogP contribution in [0.4, 0.5) is 0 Å². The SMILES string of the molecule is CC(C)(C)C1CCCC(C(=O)O)C1C(=O)O. The van der Waals surface area contributed by atoms with E-state index >= 15 is 0 Å². The van der Waals surface area contributed by atoms with Crippen molar-refractivity contribution < 1.29 is 19.8 Å². The van der Waals surface area contributed by atoms with Gasteiger partial charge in [0.2, 0.25) is 0 Å². The summed E-state index contributed by atoms with van der Waals surface area (Å²) in [4.78, 5) is 22.3. The lowest BCUT2D eigenvalue weighted by Crippen LogP contribution is -2.43. The lowest BCUT2D eigenvalue weighted by atomic mass is 9.62. The van der Waals surface area contributed by atoms with E-state index in [0.29, 0.717) is 6.42 Å². The Morgan fingerprint density at radius 1 is 1.06 bits per heavy atom. The van der Waals surface area contributed by atoms with Crippen molar-refractivity contribution >= 4 is 11.9 Å². The van der Waals surface area contributed by atoms with Crippen LogP contribution in [-0.4, -0.2) is 22.2 Å². The molecule has 0 amide bonds. The second-order valence-corrected chi connectivity index (χ2v) is 5.71. The minimum atomic E-state index is -0.971. The first-order valence-electron chi connectivity index (χ1n) is 5.70. The quantitative estimate of drug-likeness (QED) is 0.760. The third kappa shape index (κ3) is 2.54. The Bertz CT molecular complexity index is 290. The zero-order valence-corrected chi connectivity index (χ0v) is 10.1. The molecule has 2 N–H and O–H groups in total. The van der Waals surface area contributed by atoms with Gasteiger partial charge in [-0.3, -0.25) is 9.59 Å². The first-order valence-corrected chi connectivity index (χ1v) is 5.70. The van der Waals surface area contributed by atoms with Crippen molar-refractivity contribution in [2.24, 2.45) is 23.2 Å². The molecule has 1 fully saturated rings. The molecule has 0 spiro atoms. The number of hydrogen-bond acceptors (Lipinski definition) is 2. The molecular weight excluding hydrogens is 208 g/mol. The highest BCUT2D eigenvalue weighted by Crippen LogP contribution is 2.44. The van der Waals surface area contributed by atoms with E-state index < -0.39 is 23.8 Å². The summed E-state index contributed by atoms with van der Waals surface area (Å²) in [6.07, 6.45) is 2.10. The molecule has 0 aromatic rings. The highest BCUT2D eigenvalue weighted by Gasteiger charge is 2.46. The molecule has 0 radical (unpaired) electrons. The van der Waals surface area contributed by atoms with E-state index in [4.69, 9.17) is 5.11 Å². The normalized spacial score (nSPS) is 31.1. The summed E-state index contributed by atoms with van der Waals surface area (Å²) in [6.45, 7) is 5.95. The molecule has 4 nitrogen and oxygen atoms in total. The molecule has 92 valence electrons. The second kappa shape index (κ2) is 4.44. The van der Waals surface area contributed by atoms with E-state index in [0.717, 1.165) is 12.8 Å². The molecule has 1 saturated carbocycles. The summed E-state index contributed by atoms with van der Waals surface area (Å²) in [5.74, 6) is -3.46. The molecule has 4 heteroatoms. The first-order chi connectivity index (χ1) is 7.25. The molecule has 3 unspecified atom stereocenters. The van der Waals surface area contributed by atoms with Gasteiger partial charge in [0.25, 0.3) is 0 Å². The molecule has 0 aromatic carbocycles. The van der Waals surface area contributed by atoms with Gasteiger partial charge in [0.1, 0.15) is 0 Å². The van der Waals surface area contributed by atoms with Gasteiger partial charge in [-0.25, -0.2) is 0 Å². The van der Waals surface area contributed by atoms with Crippen molar-refractivity contribution in [3.05, 3.63) is 0 Å². The third-order valence-corrected chi connectivity index (χ3v) is 3.61. The summed E-state index contributed by atoms with van der Waals surface area (Å²) in [5, 5.41) is 18.3. The maximum Gasteiger partial charge on any atom is 0.307 e. The van der Waals surface area contributed by atoms with E-state index in [1.165, 1.54) is 0 Å². The summed E-state index contributed by atoms with van der Waals surface area (Å²) in [5.41, 5.74) is -0.156. The third-order valence-electron chi connectivity index (χ3n) is 3.61. The van der Waals surface area contributed by atoms with Crippen LogP contribution in [0.15, 0.2) is 0 Å². The van der Waals surface area contributed by atoms with E-state index in [1.807, 2.05) is 20.8 Å². The molecule has 3 atom stereocenters. The van der Waals surface area contributed by atoms with Crippen LogP contribution in [0.5, 0.6) is 0 Å². The van der Waals surface area contributed by atoms with Crippen LogP contribution >= 0.6 is 0 Å². The molecular formula is C12H20O4. The van der Waals surface area contributed by atoms with E-state index in [9.17, 15) is 14.7 Å². The highest BCUT2D eigenvalue weighted by molar-refractivity contribution is 5.80. The Morgan fingerprint density at radius 2 is 1.62 bits per heavy atom. The van der Waals surface area contributed by atoms with Crippen LogP contribution in [-0.2, 0) is 9.59 Å².